The Kier molecular flexibility index (Phi) is 6.19. The lowest BCUT2D eigenvalue weighted by Crippen LogP contribution is -1.98. The van der Waals surface area contributed by atoms with E-state index in [-0.39, 0.29) is 0 Å². The highest BCUT2D eigenvalue weighted by Crippen LogP contribution is 2.35. The topological polar surface area (TPSA) is 12.0 Å². The normalized spacial score (nSPS) is 11.8. The molecule has 0 unspecified atom stereocenters. The summed E-state index contributed by atoms with van der Waals surface area (Å²) in [4.78, 5) is 0.980. The van der Waals surface area contributed by atoms with Gasteiger partial charge in [0, 0.05) is 17.1 Å². The monoisotopic (exact) mass is 359 g/mol. The van der Waals surface area contributed by atoms with Gasteiger partial charge in [0.15, 0.2) is 0 Å². The zero-order valence-corrected chi connectivity index (χ0v) is 16.3. The Labute approximate surface area is 162 Å². The van der Waals surface area contributed by atoms with E-state index < -0.39 is 0 Å². The Balaban J connectivity index is 2.18. The molecule has 0 atom stereocenters. The first kappa shape index (κ1) is 18.3. The first-order valence-electron chi connectivity index (χ1n) is 9.15. The maximum absolute atomic E-state index is 4.44. The third kappa shape index (κ3) is 4.20. The number of anilines is 1. The standard InChI is InChI=1S/C24H25NS/c1-3-23(18-8-6-5-7-9-18)24(20-12-16-22(26)17-13-20)19-10-14-21(15-11-19)25-4-2/h5-17,25-26H,3-4H2,1-2H3/b24-23+. The van der Waals surface area contributed by atoms with Crippen LogP contribution in [0, 0.1) is 0 Å². The Hall–Kier alpha value is -2.45. The molecule has 0 aromatic heterocycles. The molecule has 1 N–H and O–H groups in total. The van der Waals surface area contributed by atoms with Crippen LogP contribution in [0.15, 0.2) is 83.8 Å². The smallest absolute Gasteiger partial charge is 0.0340 e. The largest absolute Gasteiger partial charge is 0.385 e. The predicted molar refractivity (Wildman–Crippen MR) is 117 cm³/mol. The highest BCUT2D eigenvalue weighted by Gasteiger charge is 2.13. The molecule has 0 fully saturated rings. The van der Waals surface area contributed by atoms with E-state index in [1.807, 2.05) is 0 Å². The zero-order chi connectivity index (χ0) is 18.4. The Morgan fingerprint density at radius 1 is 0.731 bits per heavy atom. The average molecular weight is 360 g/mol. The maximum Gasteiger partial charge on any atom is 0.0340 e. The fraction of sp³-hybridized carbons (Fsp3) is 0.167. The van der Waals surface area contributed by atoms with E-state index >= 15 is 0 Å². The Morgan fingerprint density at radius 3 is 1.85 bits per heavy atom. The van der Waals surface area contributed by atoms with Gasteiger partial charge in [-0.05, 0) is 65.4 Å². The summed E-state index contributed by atoms with van der Waals surface area (Å²) in [5.74, 6) is 0. The molecule has 0 heterocycles. The second kappa shape index (κ2) is 8.77. The number of nitrogens with one attached hydrogen (secondary N) is 1. The van der Waals surface area contributed by atoms with Gasteiger partial charge in [0.1, 0.15) is 0 Å². The third-order valence-corrected chi connectivity index (χ3v) is 4.79. The summed E-state index contributed by atoms with van der Waals surface area (Å²) in [5, 5.41) is 3.37. The molecule has 2 heteroatoms. The summed E-state index contributed by atoms with van der Waals surface area (Å²) in [6.45, 7) is 5.26. The van der Waals surface area contributed by atoms with Crippen molar-refractivity contribution in [2.24, 2.45) is 0 Å². The second-order valence-corrected chi connectivity index (χ2v) is 6.74. The van der Waals surface area contributed by atoms with E-state index in [4.69, 9.17) is 0 Å². The molecule has 3 rings (SSSR count). The van der Waals surface area contributed by atoms with Crippen molar-refractivity contribution in [2.45, 2.75) is 25.2 Å². The number of rotatable bonds is 6. The molecule has 0 aliphatic heterocycles. The van der Waals surface area contributed by atoms with Crippen LogP contribution in [0.5, 0.6) is 0 Å². The average Bonchev–Trinajstić information content (AvgIpc) is 2.69. The van der Waals surface area contributed by atoms with E-state index in [0.29, 0.717) is 0 Å². The van der Waals surface area contributed by atoms with E-state index in [2.05, 4.69) is 111 Å². The summed E-state index contributed by atoms with van der Waals surface area (Å²) in [6, 6.07) is 27.8. The van der Waals surface area contributed by atoms with Crippen LogP contribution in [-0.4, -0.2) is 6.54 Å². The van der Waals surface area contributed by atoms with E-state index in [1.54, 1.807) is 0 Å². The quantitative estimate of drug-likeness (QED) is 0.365. The van der Waals surface area contributed by atoms with Crippen molar-refractivity contribution in [2.75, 3.05) is 11.9 Å². The van der Waals surface area contributed by atoms with Gasteiger partial charge in [-0.3, -0.25) is 0 Å². The second-order valence-electron chi connectivity index (χ2n) is 6.23. The van der Waals surface area contributed by atoms with Gasteiger partial charge < -0.3 is 5.32 Å². The van der Waals surface area contributed by atoms with Crippen molar-refractivity contribution >= 4 is 29.5 Å². The molecule has 0 aliphatic rings. The number of benzene rings is 3. The van der Waals surface area contributed by atoms with E-state index in [0.717, 1.165) is 23.5 Å². The minimum Gasteiger partial charge on any atom is -0.385 e. The molecule has 0 saturated carbocycles. The van der Waals surface area contributed by atoms with Crippen LogP contribution in [0.2, 0.25) is 0 Å². The van der Waals surface area contributed by atoms with Gasteiger partial charge in [-0.1, -0.05) is 61.5 Å². The van der Waals surface area contributed by atoms with Crippen LogP contribution >= 0.6 is 12.6 Å². The van der Waals surface area contributed by atoms with E-state index in [9.17, 15) is 0 Å². The van der Waals surface area contributed by atoms with Crippen molar-refractivity contribution in [3.8, 4) is 0 Å². The fourth-order valence-corrected chi connectivity index (χ4v) is 3.42. The molecule has 0 bridgehead atoms. The maximum atomic E-state index is 4.44. The SMILES string of the molecule is CCNc1ccc(/C(=C(/CC)c2ccccc2)c2ccc(S)cc2)cc1. The van der Waals surface area contributed by atoms with Gasteiger partial charge in [-0.2, -0.15) is 0 Å². The molecule has 1 nitrogen and oxygen atoms in total. The lowest BCUT2D eigenvalue weighted by Gasteiger charge is -2.17. The van der Waals surface area contributed by atoms with Gasteiger partial charge >= 0.3 is 0 Å². The van der Waals surface area contributed by atoms with Crippen LogP contribution in [0.1, 0.15) is 37.0 Å². The fourth-order valence-electron chi connectivity index (χ4n) is 3.27. The first-order valence-corrected chi connectivity index (χ1v) is 9.60. The molecular formula is C24H25NS. The van der Waals surface area contributed by atoms with Crippen molar-refractivity contribution in [1.82, 2.24) is 0 Å². The lowest BCUT2D eigenvalue weighted by atomic mass is 9.88. The van der Waals surface area contributed by atoms with Crippen LogP contribution in [0.4, 0.5) is 5.69 Å². The van der Waals surface area contributed by atoms with E-state index in [1.165, 1.54) is 27.8 Å². The van der Waals surface area contributed by atoms with Gasteiger partial charge in [0.2, 0.25) is 0 Å². The zero-order valence-electron chi connectivity index (χ0n) is 15.4. The summed E-state index contributed by atoms with van der Waals surface area (Å²) in [6.07, 6.45) is 0.969. The van der Waals surface area contributed by atoms with Gasteiger partial charge in [-0.15, -0.1) is 12.6 Å². The minimum atomic E-state index is 0.926. The molecular weight excluding hydrogens is 334 g/mol. The van der Waals surface area contributed by atoms with Crippen LogP contribution < -0.4 is 5.32 Å². The number of thiol groups is 1. The Morgan fingerprint density at radius 2 is 1.31 bits per heavy atom. The lowest BCUT2D eigenvalue weighted by molar-refractivity contribution is 1.21. The summed E-state index contributed by atoms with van der Waals surface area (Å²) >= 11 is 4.44. The highest BCUT2D eigenvalue weighted by molar-refractivity contribution is 7.80. The Bertz CT molecular complexity index is 862. The van der Waals surface area contributed by atoms with Crippen LogP contribution in [-0.2, 0) is 0 Å². The summed E-state index contributed by atoms with van der Waals surface area (Å²) in [5.41, 5.74) is 7.53. The van der Waals surface area contributed by atoms with Crippen molar-refractivity contribution in [3.05, 3.63) is 95.6 Å². The van der Waals surface area contributed by atoms with Gasteiger partial charge in [0.25, 0.3) is 0 Å². The third-order valence-electron chi connectivity index (χ3n) is 4.49. The summed E-state index contributed by atoms with van der Waals surface area (Å²) in [7, 11) is 0. The van der Waals surface area contributed by atoms with Gasteiger partial charge in [0.05, 0.1) is 0 Å². The van der Waals surface area contributed by atoms with Crippen molar-refractivity contribution in [1.29, 1.82) is 0 Å². The van der Waals surface area contributed by atoms with Crippen LogP contribution in [0.3, 0.4) is 0 Å². The molecule has 3 aromatic carbocycles. The molecule has 132 valence electrons. The highest BCUT2D eigenvalue weighted by atomic mass is 32.1. The molecule has 0 aliphatic carbocycles. The van der Waals surface area contributed by atoms with Crippen molar-refractivity contribution < 1.29 is 0 Å². The van der Waals surface area contributed by atoms with Gasteiger partial charge in [-0.25, -0.2) is 0 Å². The number of hydrogen-bond acceptors (Lipinski definition) is 2. The molecule has 0 radical (unpaired) electrons. The molecule has 26 heavy (non-hydrogen) atoms. The predicted octanol–water partition coefficient (Wildman–Crippen LogP) is 6.78. The molecule has 0 saturated heterocycles. The molecule has 3 aromatic rings. The molecule has 0 amide bonds. The molecule has 0 spiro atoms. The van der Waals surface area contributed by atoms with Crippen LogP contribution in [0.25, 0.3) is 11.1 Å². The number of allylic oxidation sites excluding steroid dienone is 1. The van der Waals surface area contributed by atoms with Crippen molar-refractivity contribution in [3.63, 3.8) is 0 Å². The number of hydrogen-bond donors (Lipinski definition) is 2. The first-order chi connectivity index (χ1) is 12.7. The minimum absolute atomic E-state index is 0.926. The summed E-state index contributed by atoms with van der Waals surface area (Å²) < 4.78 is 0.